The van der Waals surface area contributed by atoms with Crippen molar-refractivity contribution < 1.29 is 22.7 Å². The molecule has 0 spiro atoms. The molecule has 0 saturated carbocycles. The summed E-state index contributed by atoms with van der Waals surface area (Å²) in [5.74, 6) is 0.700. The number of nitrogens with one attached hydrogen (secondary N) is 1. The van der Waals surface area contributed by atoms with Crippen LogP contribution in [0.1, 0.15) is 9.67 Å². The van der Waals surface area contributed by atoms with Crippen LogP contribution in [0.25, 0.3) is 0 Å². The molecule has 0 atom stereocenters. The molecule has 0 radical (unpaired) electrons. The molecule has 8 nitrogen and oxygen atoms in total. The Labute approximate surface area is 196 Å². The molecule has 0 unspecified atom stereocenters. The average Bonchev–Trinajstić information content (AvgIpc) is 3.36. The Hall–Kier alpha value is -3.08. The van der Waals surface area contributed by atoms with Crippen molar-refractivity contribution in [2.75, 3.05) is 49.6 Å². The van der Waals surface area contributed by atoms with Crippen LogP contribution < -0.4 is 19.7 Å². The van der Waals surface area contributed by atoms with Crippen LogP contribution in [0.3, 0.4) is 0 Å². The van der Waals surface area contributed by atoms with Gasteiger partial charge in [-0.1, -0.05) is 18.2 Å². The molecule has 1 N–H and O–H groups in total. The normalized spacial score (nSPS) is 16.4. The van der Waals surface area contributed by atoms with Gasteiger partial charge in [0.2, 0.25) is 10.0 Å². The smallest absolute Gasteiger partial charge is 0.267 e. The first-order valence-electron chi connectivity index (χ1n) is 10.6. The lowest BCUT2D eigenvalue weighted by Crippen LogP contribution is -2.48. The number of rotatable bonds is 5. The first kappa shape index (κ1) is 21.7. The lowest BCUT2D eigenvalue weighted by Gasteiger charge is -2.35. The topological polar surface area (TPSA) is 88.2 Å². The molecule has 2 aliphatic rings. The summed E-state index contributed by atoms with van der Waals surface area (Å²) in [6.45, 7) is 2.81. The molecule has 1 aromatic heterocycles. The summed E-state index contributed by atoms with van der Waals surface area (Å²) >= 11 is 1.11. The SMILES string of the molecule is O=C(Nc1ccc2c(c1)OCCO2)c1sccc1S(=O)(=O)N1CCN(c2ccccc2)CC1. The minimum atomic E-state index is -3.80. The standard InChI is InChI=1S/C23H23N3O5S2/c27-23(24-17-6-7-19-20(16-17)31-14-13-30-19)22-21(8-15-32-22)33(28,29)26-11-9-25(10-12-26)18-4-2-1-3-5-18/h1-8,15-16H,9-14H2,(H,24,27). The van der Waals surface area contributed by atoms with Crippen LogP contribution in [0.4, 0.5) is 11.4 Å². The second-order valence-corrected chi connectivity index (χ2v) is 10.5. The third-order valence-electron chi connectivity index (χ3n) is 5.61. The van der Waals surface area contributed by atoms with Crippen LogP contribution in [0.15, 0.2) is 64.9 Å². The van der Waals surface area contributed by atoms with Crippen molar-refractivity contribution in [3.8, 4) is 11.5 Å². The molecule has 2 aliphatic heterocycles. The van der Waals surface area contributed by atoms with Crippen LogP contribution >= 0.6 is 11.3 Å². The molecular formula is C23H23N3O5S2. The molecule has 172 valence electrons. The van der Waals surface area contributed by atoms with Crippen LogP contribution in [-0.2, 0) is 10.0 Å². The van der Waals surface area contributed by atoms with E-state index in [1.54, 1.807) is 23.6 Å². The molecular weight excluding hydrogens is 462 g/mol. The highest BCUT2D eigenvalue weighted by Gasteiger charge is 2.32. The van der Waals surface area contributed by atoms with E-state index in [2.05, 4.69) is 10.2 Å². The van der Waals surface area contributed by atoms with Gasteiger partial charge in [-0.25, -0.2) is 8.42 Å². The zero-order valence-corrected chi connectivity index (χ0v) is 19.4. The van der Waals surface area contributed by atoms with E-state index in [9.17, 15) is 13.2 Å². The van der Waals surface area contributed by atoms with Crippen molar-refractivity contribution in [1.29, 1.82) is 0 Å². The van der Waals surface area contributed by atoms with E-state index in [0.29, 0.717) is 56.6 Å². The molecule has 10 heteroatoms. The number of piperazine rings is 1. The Morgan fingerprint density at radius 2 is 1.64 bits per heavy atom. The highest BCUT2D eigenvalue weighted by atomic mass is 32.2. The molecule has 33 heavy (non-hydrogen) atoms. The maximum absolute atomic E-state index is 13.4. The minimum Gasteiger partial charge on any atom is -0.486 e. The summed E-state index contributed by atoms with van der Waals surface area (Å²) in [4.78, 5) is 15.3. The molecule has 2 aromatic carbocycles. The van der Waals surface area contributed by atoms with Gasteiger partial charge < -0.3 is 19.7 Å². The molecule has 3 heterocycles. The largest absolute Gasteiger partial charge is 0.486 e. The van der Waals surface area contributed by atoms with Gasteiger partial charge in [-0.05, 0) is 35.7 Å². The molecule has 3 aromatic rings. The van der Waals surface area contributed by atoms with Crippen molar-refractivity contribution in [2.24, 2.45) is 0 Å². The quantitative estimate of drug-likeness (QED) is 0.597. The lowest BCUT2D eigenvalue weighted by molar-refractivity contribution is 0.102. The van der Waals surface area contributed by atoms with E-state index >= 15 is 0 Å². The number of thiophene rings is 1. The number of benzene rings is 2. The number of fused-ring (bicyclic) bond motifs is 1. The Bertz CT molecular complexity index is 1250. The van der Waals surface area contributed by atoms with Crippen LogP contribution in [0.5, 0.6) is 11.5 Å². The van der Waals surface area contributed by atoms with E-state index in [1.807, 2.05) is 30.3 Å². The fourth-order valence-electron chi connectivity index (χ4n) is 3.94. The van der Waals surface area contributed by atoms with E-state index in [1.165, 1.54) is 10.4 Å². The van der Waals surface area contributed by atoms with Gasteiger partial charge in [0.25, 0.3) is 5.91 Å². The Kier molecular flexibility index (Phi) is 5.96. The number of sulfonamides is 1. The van der Waals surface area contributed by atoms with Crippen molar-refractivity contribution in [1.82, 2.24) is 4.31 Å². The summed E-state index contributed by atoms with van der Waals surface area (Å²) in [5.41, 5.74) is 1.59. The van der Waals surface area contributed by atoms with E-state index in [-0.39, 0.29) is 9.77 Å². The van der Waals surface area contributed by atoms with Gasteiger partial charge >= 0.3 is 0 Å². The minimum absolute atomic E-state index is 0.0377. The number of nitrogens with zero attached hydrogens (tertiary/aromatic N) is 2. The molecule has 1 saturated heterocycles. The van der Waals surface area contributed by atoms with E-state index < -0.39 is 15.9 Å². The molecule has 0 aliphatic carbocycles. The predicted octanol–water partition coefficient (Wildman–Crippen LogP) is 3.28. The number of hydrogen-bond acceptors (Lipinski definition) is 7. The summed E-state index contributed by atoms with van der Waals surface area (Å²) < 4.78 is 39.2. The van der Waals surface area contributed by atoms with Crippen molar-refractivity contribution in [3.63, 3.8) is 0 Å². The van der Waals surface area contributed by atoms with Crippen LogP contribution in [0, 0.1) is 0 Å². The second kappa shape index (κ2) is 9.05. The van der Waals surface area contributed by atoms with Gasteiger partial charge in [-0.15, -0.1) is 11.3 Å². The van der Waals surface area contributed by atoms with Crippen molar-refractivity contribution >= 4 is 38.6 Å². The van der Waals surface area contributed by atoms with Crippen molar-refractivity contribution in [2.45, 2.75) is 4.90 Å². The maximum Gasteiger partial charge on any atom is 0.267 e. The van der Waals surface area contributed by atoms with E-state index in [0.717, 1.165) is 17.0 Å². The third kappa shape index (κ3) is 4.41. The fraction of sp³-hybridized carbons (Fsp3) is 0.261. The monoisotopic (exact) mass is 485 g/mol. The van der Waals surface area contributed by atoms with Gasteiger partial charge in [0.05, 0.1) is 0 Å². The number of amides is 1. The highest BCUT2D eigenvalue weighted by molar-refractivity contribution is 7.89. The predicted molar refractivity (Wildman–Crippen MR) is 127 cm³/mol. The lowest BCUT2D eigenvalue weighted by atomic mass is 10.2. The van der Waals surface area contributed by atoms with Crippen molar-refractivity contribution in [3.05, 3.63) is 64.9 Å². The zero-order valence-electron chi connectivity index (χ0n) is 17.8. The Morgan fingerprint density at radius 3 is 2.39 bits per heavy atom. The molecule has 5 rings (SSSR count). The Morgan fingerprint density at radius 1 is 0.909 bits per heavy atom. The molecule has 0 bridgehead atoms. The van der Waals surface area contributed by atoms with Gasteiger partial charge in [0, 0.05) is 43.6 Å². The maximum atomic E-state index is 13.4. The Balaban J connectivity index is 1.30. The number of anilines is 2. The highest BCUT2D eigenvalue weighted by Crippen LogP contribution is 2.33. The third-order valence-corrected chi connectivity index (χ3v) is 8.60. The number of ether oxygens (including phenoxy) is 2. The van der Waals surface area contributed by atoms with Crippen LogP contribution in [0.2, 0.25) is 0 Å². The first-order valence-corrected chi connectivity index (χ1v) is 12.9. The van der Waals surface area contributed by atoms with Gasteiger partial charge in [-0.2, -0.15) is 4.31 Å². The summed E-state index contributed by atoms with van der Waals surface area (Å²) in [7, 11) is -3.80. The number of carbonyl (C=O) groups excluding carboxylic acids is 1. The number of para-hydroxylation sites is 1. The fourth-order valence-corrected chi connectivity index (χ4v) is 6.66. The summed E-state index contributed by atoms with van der Waals surface area (Å²) in [6.07, 6.45) is 0. The average molecular weight is 486 g/mol. The molecule has 1 amide bonds. The zero-order chi connectivity index (χ0) is 22.8. The van der Waals surface area contributed by atoms with Gasteiger partial charge in [-0.3, -0.25) is 4.79 Å². The second-order valence-electron chi connectivity index (χ2n) is 7.65. The first-order chi connectivity index (χ1) is 16.0. The summed E-state index contributed by atoms with van der Waals surface area (Å²) in [6, 6.07) is 16.5. The number of hydrogen-bond donors (Lipinski definition) is 1. The summed E-state index contributed by atoms with van der Waals surface area (Å²) in [5, 5.41) is 4.41. The van der Waals surface area contributed by atoms with E-state index in [4.69, 9.17) is 9.47 Å². The van der Waals surface area contributed by atoms with Crippen LogP contribution in [-0.4, -0.2) is 58.0 Å². The number of carbonyl (C=O) groups is 1. The molecule has 1 fully saturated rings. The van der Waals surface area contributed by atoms with Gasteiger partial charge in [0.15, 0.2) is 11.5 Å². The van der Waals surface area contributed by atoms with Gasteiger partial charge in [0.1, 0.15) is 23.0 Å².